The Labute approximate surface area is 447 Å². The smallest absolute Gasteiger partial charge is 0.296 e. The third-order valence-corrected chi connectivity index (χ3v) is 16.2. The van der Waals surface area contributed by atoms with Gasteiger partial charge in [-0.1, -0.05) is 12.1 Å². The van der Waals surface area contributed by atoms with Gasteiger partial charge in [0.2, 0.25) is 0 Å². The first-order valence-electron chi connectivity index (χ1n) is 22.5. The van der Waals surface area contributed by atoms with E-state index in [1.807, 2.05) is 0 Å². The van der Waals surface area contributed by atoms with Crippen LogP contribution in [0.3, 0.4) is 0 Å². The van der Waals surface area contributed by atoms with E-state index in [4.69, 9.17) is 9.29 Å². The summed E-state index contributed by atoms with van der Waals surface area (Å²) >= 11 is 0. The quantitative estimate of drug-likeness (QED) is 0.0269. The van der Waals surface area contributed by atoms with Gasteiger partial charge in [-0.15, -0.1) is 15.3 Å². The van der Waals surface area contributed by atoms with Crippen molar-refractivity contribution in [3.63, 3.8) is 0 Å². The minimum Gasteiger partial charge on any atom is -0.505 e. The maximum absolute atomic E-state index is 13.3. The number of ether oxygens (including phenoxy) is 1. The summed E-state index contributed by atoms with van der Waals surface area (Å²) in [6.07, 6.45) is -0.111. The molecule has 0 atom stereocenters. The molecule has 1 amide bonds. The Kier molecular flexibility index (Phi) is 14.4. The van der Waals surface area contributed by atoms with Crippen LogP contribution >= 0.6 is 0 Å². The molecule has 26 nitrogen and oxygen atoms in total. The van der Waals surface area contributed by atoms with Crippen molar-refractivity contribution in [1.29, 1.82) is 0 Å². The van der Waals surface area contributed by atoms with Gasteiger partial charge in [-0.2, -0.15) is 62.2 Å². The van der Waals surface area contributed by atoms with Crippen LogP contribution in [-0.4, -0.2) is 103 Å². The number of anilines is 1. The summed E-state index contributed by atoms with van der Waals surface area (Å²) in [6.45, 7) is 3.12. The summed E-state index contributed by atoms with van der Waals surface area (Å²) in [5.41, 5.74) is 1.98. The largest absolute Gasteiger partial charge is 0.505 e. The molecule has 0 saturated heterocycles. The van der Waals surface area contributed by atoms with Gasteiger partial charge < -0.3 is 15.2 Å². The number of carbonyl (C=O) groups is 1. The summed E-state index contributed by atoms with van der Waals surface area (Å²) < 4.78 is 175. The number of fused-ring (bicyclic) bond motifs is 5. The number of rotatable bonds is 16. The molecule has 31 heteroatoms. The molecular weight excluding hydrogens is 1140 g/mol. The van der Waals surface area contributed by atoms with Gasteiger partial charge >= 0.3 is 0 Å². The van der Waals surface area contributed by atoms with Gasteiger partial charge in [0.1, 0.15) is 37.2 Å². The zero-order chi connectivity index (χ0) is 57.1. The number of hydrogen-bond acceptors (Lipinski definition) is 19. The van der Waals surface area contributed by atoms with E-state index in [-0.39, 0.29) is 84.8 Å². The number of phenolic OH excluding ortho intramolecular Hbond substituents is 1. The molecule has 0 radical (unpaired) electrons. The predicted octanol–water partition coefficient (Wildman–Crippen LogP) is 8.93. The van der Waals surface area contributed by atoms with Gasteiger partial charge in [0.25, 0.3) is 56.5 Å². The van der Waals surface area contributed by atoms with Crippen LogP contribution in [0, 0.1) is 13.8 Å². The van der Waals surface area contributed by atoms with Crippen molar-refractivity contribution in [1.82, 2.24) is 15.0 Å². The molecule has 0 bridgehead atoms. The van der Waals surface area contributed by atoms with Crippen LogP contribution in [0.5, 0.6) is 11.5 Å². The maximum Gasteiger partial charge on any atom is 0.296 e. The summed E-state index contributed by atoms with van der Waals surface area (Å²) in [5, 5.41) is 39.8. The highest BCUT2D eigenvalue weighted by Gasteiger charge is 2.26. The van der Waals surface area contributed by atoms with Crippen LogP contribution in [0.15, 0.2) is 155 Å². The first kappa shape index (κ1) is 55.5. The van der Waals surface area contributed by atoms with E-state index in [9.17, 15) is 70.2 Å². The molecule has 7 N–H and O–H groups in total. The number of nitrogens with zero attached hydrogens (tertiary/aromatic N) is 7. The Morgan fingerprint density at radius 1 is 0.582 bits per heavy atom. The number of amides is 1. The SMILES string of the molecule is Cc1cc(N=Nc2c(S(=O)(=O)O)cc3cc(-n4nc5ccc6c(S(=O)(=O)O)cc(S(=O)(=O)O)cc6c5n4)ccc3c2O)c(C)cc1N=Nc1ccc(C(=O)Nc2ccc3c(S(=O)(=O)O)cc(OCCCS(=O)(=O)O)cc3c2)cc1. The molecule has 1 aromatic heterocycles. The van der Waals surface area contributed by atoms with Crippen molar-refractivity contribution in [2.45, 2.75) is 39.9 Å². The Morgan fingerprint density at radius 2 is 1.19 bits per heavy atom. The summed E-state index contributed by atoms with van der Waals surface area (Å²) in [5.74, 6) is -1.86. The number of phenols is 1. The Bertz CT molecular complexity index is 4730. The third kappa shape index (κ3) is 12.1. The van der Waals surface area contributed by atoms with Crippen LogP contribution in [0.2, 0.25) is 0 Å². The normalized spacial score (nSPS) is 12.9. The Morgan fingerprint density at radius 3 is 1.82 bits per heavy atom. The molecule has 9 rings (SSSR count). The lowest BCUT2D eigenvalue weighted by molar-refractivity contribution is 0.102. The van der Waals surface area contributed by atoms with E-state index in [0.717, 1.165) is 23.0 Å². The molecule has 8 aromatic carbocycles. The molecule has 1 heterocycles. The van der Waals surface area contributed by atoms with Crippen molar-refractivity contribution >= 4 is 128 Å². The van der Waals surface area contributed by atoms with Gasteiger partial charge in [-0.05, 0) is 139 Å². The second kappa shape index (κ2) is 20.5. The molecule has 0 aliphatic rings. The maximum atomic E-state index is 13.3. The van der Waals surface area contributed by atoms with Gasteiger partial charge in [-0.25, -0.2) is 0 Å². The van der Waals surface area contributed by atoms with Crippen LogP contribution in [-0.2, 0) is 50.6 Å². The lowest BCUT2D eigenvalue weighted by atomic mass is 10.1. The Hall–Kier alpha value is -8.24. The van der Waals surface area contributed by atoms with Gasteiger partial charge in [0.05, 0.1) is 40.0 Å². The van der Waals surface area contributed by atoms with Crippen LogP contribution in [0.25, 0.3) is 49.0 Å². The van der Waals surface area contributed by atoms with E-state index >= 15 is 0 Å². The highest BCUT2D eigenvalue weighted by molar-refractivity contribution is 7.87. The van der Waals surface area contributed by atoms with E-state index in [2.05, 4.69) is 36.0 Å². The third-order valence-electron chi connectivity index (χ3n) is 12.0. The first-order chi connectivity index (χ1) is 36.9. The van der Waals surface area contributed by atoms with Gasteiger partial charge in [0.15, 0.2) is 5.75 Å². The number of benzene rings is 8. The predicted molar refractivity (Wildman–Crippen MR) is 284 cm³/mol. The van der Waals surface area contributed by atoms with Crippen molar-refractivity contribution in [2.75, 3.05) is 17.7 Å². The number of carbonyl (C=O) groups excluding carboxylic acids is 1. The van der Waals surface area contributed by atoms with E-state index < -0.39 is 93.3 Å². The number of aryl methyl sites for hydroxylation is 2. The summed E-state index contributed by atoms with van der Waals surface area (Å²) in [6, 6.07) is 25.1. The van der Waals surface area contributed by atoms with Crippen molar-refractivity contribution < 1.29 is 79.5 Å². The lowest BCUT2D eigenvalue weighted by Crippen LogP contribution is -2.11. The van der Waals surface area contributed by atoms with Crippen LogP contribution in [0.4, 0.5) is 28.4 Å². The molecule has 408 valence electrons. The molecule has 0 spiro atoms. The van der Waals surface area contributed by atoms with Crippen LogP contribution < -0.4 is 10.1 Å². The topological polar surface area (TPSA) is 411 Å². The zero-order valence-corrected chi connectivity index (χ0v) is 44.4. The average Bonchev–Trinajstić information content (AvgIpc) is 4.07. The fourth-order valence-corrected chi connectivity index (χ4v) is 11.4. The second-order valence-electron chi connectivity index (χ2n) is 17.5. The number of hydrogen-bond donors (Lipinski definition) is 7. The highest BCUT2D eigenvalue weighted by Crippen LogP contribution is 2.43. The van der Waals surface area contributed by atoms with E-state index in [1.54, 1.807) is 26.0 Å². The summed E-state index contributed by atoms with van der Waals surface area (Å²) in [4.78, 5) is 11.3. The number of aromatic nitrogens is 3. The molecule has 0 aliphatic heterocycles. The highest BCUT2D eigenvalue weighted by atomic mass is 32.2. The molecule has 9 aromatic rings. The molecule has 0 saturated carbocycles. The number of azo groups is 2. The van der Waals surface area contributed by atoms with E-state index in [1.165, 1.54) is 78.9 Å². The van der Waals surface area contributed by atoms with E-state index in [0.29, 0.717) is 28.6 Å². The van der Waals surface area contributed by atoms with Crippen molar-refractivity contribution in [2.24, 2.45) is 20.5 Å². The molecular formula is C48H38N8O18S5. The number of nitrogens with one attached hydrogen (secondary N) is 1. The fraction of sp³-hybridized carbons (Fsp3) is 0.104. The van der Waals surface area contributed by atoms with Crippen molar-refractivity contribution in [3.8, 4) is 17.2 Å². The first-order valence-corrected chi connectivity index (χ1v) is 29.8. The standard InChI is InChI=1S/C48H38N8O18S5/c1-25-17-41(26(2)16-40(25)51-50-30-6-4-27(5-7-30)48(58)49-31-8-10-35-28(18-31)20-33(22-42(35)77(65,66)67)74-14-3-15-75(59,60)61)52-53-46-44(79(71,72)73)21-29-19-32(9-11-36(29)47(46)57)56-54-39-13-12-37-38(45(39)55-56)23-34(76(62,63)64)24-43(37)78(68,69)70/h4-13,16-24,57H,3,14-15H2,1-2H3,(H,49,58)(H,59,60,61)(H,62,63,64)(H,65,66,67)(H,68,69,70)(H,71,72,73). The zero-order valence-electron chi connectivity index (χ0n) is 40.3. The Balaban J connectivity index is 0.923. The number of aromatic hydroxyl groups is 1. The molecule has 79 heavy (non-hydrogen) atoms. The summed E-state index contributed by atoms with van der Waals surface area (Å²) in [7, 11) is -24.1. The average molecular weight is 1180 g/mol. The van der Waals surface area contributed by atoms with Gasteiger partial charge in [0, 0.05) is 38.9 Å². The molecule has 0 fully saturated rings. The van der Waals surface area contributed by atoms with Crippen molar-refractivity contribution in [3.05, 3.63) is 132 Å². The monoisotopic (exact) mass is 1170 g/mol. The minimum absolute atomic E-state index is 0.0261. The lowest BCUT2D eigenvalue weighted by Gasteiger charge is -2.12. The minimum atomic E-state index is -5.09. The molecule has 0 unspecified atom stereocenters. The second-order valence-corrected chi connectivity index (χ2v) is 24.7. The molecule has 0 aliphatic carbocycles. The fourth-order valence-electron chi connectivity index (χ4n) is 8.20. The van der Waals surface area contributed by atoms with Gasteiger partial charge in [-0.3, -0.25) is 27.6 Å². The van der Waals surface area contributed by atoms with Crippen LogP contribution in [0.1, 0.15) is 27.9 Å².